The normalized spacial score (nSPS) is 8.22. The number of hydrogen-bond acceptors (Lipinski definition) is 0. The highest BCUT2D eigenvalue weighted by Crippen LogP contribution is 1.98. The first-order valence-electron chi connectivity index (χ1n) is 2.74. The number of benzene rings is 1. The van der Waals surface area contributed by atoms with Crippen molar-refractivity contribution in [2.24, 2.45) is 0 Å². The van der Waals surface area contributed by atoms with Gasteiger partial charge >= 0.3 is 0 Å². The van der Waals surface area contributed by atoms with E-state index in [1.807, 2.05) is 32.0 Å². The van der Waals surface area contributed by atoms with Gasteiger partial charge in [-0.2, -0.15) is 0 Å². The lowest BCUT2D eigenvalue weighted by atomic mass is 10.2. The highest BCUT2D eigenvalue weighted by atomic mass is 27.0. The van der Waals surface area contributed by atoms with Crippen LogP contribution in [0.25, 0.3) is 0 Å². The molecule has 0 unspecified atom stereocenters. The van der Waals surface area contributed by atoms with Crippen LogP contribution >= 0.6 is 0 Å². The Kier molecular flexibility index (Phi) is 3.61. The predicted octanol–water partition coefficient (Wildman–Crippen LogP) is 0.920. The van der Waals surface area contributed by atoms with Gasteiger partial charge in [-0.25, -0.2) is 0 Å². The van der Waals surface area contributed by atoms with E-state index < -0.39 is 0 Å². The van der Waals surface area contributed by atoms with Crippen LogP contribution in [-0.2, 0) is 0 Å². The SMILES string of the molecule is Cc1[c]c(C)ccc1.[AlH3]. The lowest BCUT2D eigenvalue weighted by Crippen LogP contribution is -1.72. The zero-order chi connectivity index (χ0) is 5.98. The van der Waals surface area contributed by atoms with E-state index in [1.165, 1.54) is 11.1 Å². The summed E-state index contributed by atoms with van der Waals surface area (Å²) < 4.78 is 0. The van der Waals surface area contributed by atoms with Crippen molar-refractivity contribution in [1.82, 2.24) is 0 Å². The van der Waals surface area contributed by atoms with Crippen LogP contribution in [0.1, 0.15) is 11.1 Å². The summed E-state index contributed by atoms with van der Waals surface area (Å²) in [6.45, 7) is 4.10. The molecule has 0 fully saturated rings. The minimum atomic E-state index is 0. The van der Waals surface area contributed by atoms with Crippen molar-refractivity contribution in [2.75, 3.05) is 0 Å². The van der Waals surface area contributed by atoms with E-state index in [-0.39, 0.29) is 17.4 Å². The van der Waals surface area contributed by atoms with Gasteiger partial charge in [-0.05, 0) is 31.0 Å². The summed E-state index contributed by atoms with van der Waals surface area (Å²) in [5, 5.41) is 0. The highest BCUT2D eigenvalue weighted by molar-refractivity contribution is 5.75. The Morgan fingerprint density at radius 1 is 1.11 bits per heavy atom. The zero-order valence-corrected chi connectivity index (χ0v) is 5.23. The first-order valence-corrected chi connectivity index (χ1v) is 2.74. The van der Waals surface area contributed by atoms with Crippen LogP contribution in [0.2, 0.25) is 0 Å². The minimum absolute atomic E-state index is 0. The van der Waals surface area contributed by atoms with Crippen molar-refractivity contribution < 1.29 is 0 Å². The molecule has 1 aromatic carbocycles. The second-order valence-electron chi connectivity index (χ2n) is 2.02. The third kappa shape index (κ3) is 2.70. The van der Waals surface area contributed by atoms with Crippen LogP contribution in [0.4, 0.5) is 0 Å². The van der Waals surface area contributed by atoms with Crippen molar-refractivity contribution in [3.8, 4) is 0 Å². The molecule has 0 spiro atoms. The molecular weight excluding hydrogens is 123 g/mol. The van der Waals surface area contributed by atoms with Crippen molar-refractivity contribution in [3.63, 3.8) is 0 Å². The Bertz CT molecular complexity index is 164. The quantitative estimate of drug-likeness (QED) is 0.464. The van der Waals surface area contributed by atoms with Crippen LogP contribution in [-0.4, -0.2) is 17.4 Å². The molecule has 0 saturated carbocycles. The third-order valence-electron chi connectivity index (χ3n) is 1.09. The molecule has 0 atom stereocenters. The lowest BCUT2D eigenvalue weighted by Gasteiger charge is -1.89. The van der Waals surface area contributed by atoms with Gasteiger partial charge in [0.15, 0.2) is 17.4 Å². The summed E-state index contributed by atoms with van der Waals surface area (Å²) >= 11 is 0. The predicted molar refractivity (Wildman–Crippen MR) is 44.7 cm³/mol. The summed E-state index contributed by atoms with van der Waals surface area (Å²) in [5.74, 6) is 0. The largest absolute Gasteiger partial charge is 0.187 e. The van der Waals surface area contributed by atoms with E-state index >= 15 is 0 Å². The van der Waals surface area contributed by atoms with Crippen LogP contribution in [0.3, 0.4) is 0 Å². The van der Waals surface area contributed by atoms with Crippen LogP contribution in [0.5, 0.6) is 0 Å². The van der Waals surface area contributed by atoms with Gasteiger partial charge in [-0.3, -0.25) is 0 Å². The molecule has 0 aliphatic heterocycles. The molecule has 0 N–H and O–H groups in total. The Labute approximate surface area is 67.0 Å². The Morgan fingerprint density at radius 3 is 1.78 bits per heavy atom. The van der Waals surface area contributed by atoms with Crippen LogP contribution in [0, 0.1) is 19.9 Å². The number of aryl methyl sites for hydroxylation is 2. The standard InChI is InChI=1S/C8H9.Al.3H/c1-7-4-3-5-8(2)6-7;;;;/h3-5H,1-2H3;;;;. The average Bonchev–Trinajstić information content (AvgIpc) is 1.64. The summed E-state index contributed by atoms with van der Waals surface area (Å²) in [5.41, 5.74) is 2.43. The van der Waals surface area contributed by atoms with Gasteiger partial charge in [0.1, 0.15) is 0 Å². The summed E-state index contributed by atoms with van der Waals surface area (Å²) in [4.78, 5) is 0. The minimum Gasteiger partial charge on any atom is -0.0617 e. The molecule has 0 saturated heterocycles. The van der Waals surface area contributed by atoms with Gasteiger partial charge in [0.2, 0.25) is 0 Å². The molecule has 1 heteroatoms. The number of hydrogen-bond donors (Lipinski definition) is 0. The van der Waals surface area contributed by atoms with E-state index in [9.17, 15) is 0 Å². The van der Waals surface area contributed by atoms with Crippen molar-refractivity contribution in [3.05, 3.63) is 35.4 Å². The summed E-state index contributed by atoms with van der Waals surface area (Å²) in [6, 6.07) is 9.31. The molecule has 0 bridgehead atoms. The molecule has 1 rings (SSSR count). The van der Waals surface area contributed by atoms with E-state index in [1.54, 1.807) is 0 Å². The first kappa shape index (κ1) is 8.75. The van der Waals surface area contributed by atoms with Crippen molar-refractivity contribution in [2.45, 2.75) is 13.8 Å². The second-order valence-corrected chi connectivity index (χ2v) is 2.02. The van der Waals surface area contributed by atoms with Gasteiger partial charge in [-0.1, -0.05) is 18.2 Å². The fourth-order valence-electron chi connectivity index (χ4n) is 0.731. The zero-order valence-electron chi connectivity index (χ0n) is 5.23. The van der Waals surface area contributed by atoms with Gasteiger partial charge < -0.3 is 0 Å². The maximum absolute atomic E-state index is 3.17. The Morgan fingerprint density at radius 2 is 1.56 bits per heavy atom. The topological polar surface area (TPSA) is 0 Å². The molecule has 47 valence electrons. The molecule has 0 aliphatic carbocycles. The van der Waals surface area contributed by atoms with Crippen molar-refractivity contribution >= 4 is 17.4 Å². The number of rotatable bonds is 0. The van der Waals surface area contributed by atoms with Gasteiger partial charge in [0.25, 0.3) is 0 Å². The van der Waals surface area contributed by atoms with Gasteiger partial charge in [0.05, 0.1) is 0 Å². The van der Waals surface area contributed by atoms with E-state index in [2.05, 4.69) is 6.07 Å². The average molecular weight is 135 g/mol. The second kappa shape index (κ2) is 3.72. The van der Waals surface area contributed by atoms with Gasteiger partial charge in [0, 0.05) is 0 Å². The lowest BCUT2D eigenvalue weighted by molar-refractivity contribution is 1.37. The third-order valence-corrected chi connectivity index (χ3v) is 1.09. The fraction of sp³-hybridized carbons (Fsp3) is 0.250. The smallest absolute Gasteiger partial charge is 0.0617 e. The summed E-state index contributed by atoms with van der Waals surface area (Å²) in [6.07, 6.45) is 0. The monoisotopic (exact) mass is 135 g/mol. The molecule has 1 aromatic rings. The maximum atomic E-state index is 3.17. The van der Waals surface area contributed by atoms with Crippen LogP contribution < -0.4 is 0 Å². The summed E-state index contributed by atoms with van der Waals surface area (Å²) in [7, 11) is 0. The van der Waals surface area contributed by atoms with E-state index in [0.29, 0.717) is 0 Å². The Hall–Kier alpha value is -0.248. The maximum Gasteiger partial charge on any atom is 0.187 e. The molecule has 0 aliphatic rings. The first-order chi connectivity index (χ1) is 3.79. The highest BCUT2D eigenvalue weighted by Gasteiger charge is 1.81. The van der Waals surface area contributed by atoms with Gasteiger partial charge in [-0.15, -0.1) is 0 Å². The Balaban J connectivity index is 0.000000640. The van der Waals surface area contributed by atoms with Crippen molar-refractivity contribution in [1.29, 1.82) is 0 Å². The fourth-order valence-corrected chi connectivity index (χ4v) is 0.731. The molecule has 0 heterocycles. The van der Waals surface area contributed by atoms with E-state index in [0.717, 1.165) is 0 Å². The molecule has 1 radical (unpaired) electrons. The molecule has 0 aromatic heterocycles. The van der Waals surface area contributed by atoms with E-state index in [4.69, 9.17) is 0 Å². The molecule has 9 heavy (non-hydrogen) atoms. The van der Waals surface area contributed by atoms with Crippen LogP contribution in [0.15, 0.2) is 18.2 Å². The molecule has 0 nitrogen and oxygen atoms in total. The molecular formula is C8H12Al. The molecule has 0 amide bonds.